The summed E-state index contributed by atoms with van der Waals surface area (Å²) in [5, 5.41) is 19.5. The van der Waals surface area contributed by atoms with Crippen molar-refractivity contribution in [2.24, 2.45) is 0 Å². The number of hydrogen-bond acceptors (Lipinski definition) is 4. The first-order valence-corrected chi connectivity index (χ1v) is 5.41. The van der Waals surface area contributed by atoms with Crippen molar-refractivity contribution in [3.8, 4) is 5.75 Å². The molecule has 0 atom stereocenters. The van der Waals surface area contributed by atoms with Crippen LogP contribution < -0.4 is 4.74 Å². The highest BCUT2D eigenvalue weighted by atomic mass is 35.5. The van der Waals surface area contributed by atoms with Crippen LogP contribution in [0.5, 0.6) is 5.75 Å². The number of carbonyl (C=O) groups is 1. The summed E-state index contributed by atoms with van der Waals surface area (Å²) in [6, 6.07) is 2.17. The van der Waals surface area contributed by atoms with Crippen molar-refractivity contribution in [1.82, 2.24) is 0 Å². The lowest BCUT2D eigenvalue weighted by Crippen LogP contribution is -2.09. The molecule has 19 heavy (non-hydrogen) atoms. The smallest absolute Gasteiger partial charge is 0.387 e. The number of carboxylic acid groups (broad SMARTS) is 1. The van der Waals surface area contributed by atoms with E-state index >= 15 is 0 Å². The normalized spacial score (nSPS) is 10.5. The van der Waals surface area contributed by atoms with E-state index in [1.165, 1.54) is 6.07 Å². The number of rotatable bonds is 6. The first-order valence-electron chi connectivity index (χ1n) is 4.88. The van der Waals surface area contributed by atoms with Crippen molar-refractivity contribution in [2.45, 2.75) is 18.9 Å². The molecule has 1 rings (SSSR count). The predicted molar refractivity (Wildman–Crippen MR) is 60.6 cm³/mol. The Kier molecular flexibility index (Phi) is 4.99. The zero-order chi connectivity index (χ0) is 14.6. The summed E-state index contributed by atoms with van der Waals surface area (Å²) in [5.74, 6) is -2.16. The number of nitro groups is 1. The van der Waals surface area contributed by atoms with Crippen molar-refractivity contribution < 1.29 is 28.3 Å². The molecule has 104 valence electrons. The van der Waals surface area contributed by atoms with Gasteiger partial charge < -0.3 is 9.84 Å². The first kappa shape index (κ1) is 15.1. The van der Waals surface area contributed by atoms with Gasteiger partial charge in [0.15, 0.2) is 0 Å². The molecule has 0 fully saturated rings. The second-order valence-corrected chi connectivity index (χ2v) is 3.71. The van der Waals surface area contributed by atoms with E-state index in [-0.39, 0.29) is 17.0 Å². The van der Waals surface area contributed by atoms with Crippen LogP contribution in [0.4, 0.5) is 14.5 Å². The molecule has 0 aliphatic carbocycles. The standard InChI is InChI=1S/C10H8ClF2NO5/c11-4-5-1-6(3-8(15)16)9(14(17)18)7(2-5)19-10(12)13/h1-2,10H,3-4H2,(H,15,16). The van der Waals surface area contributed by atoms with E-state index < -0.39 is 35.4 Å². The van der Waals surface area contributed by atoms with Crippen LogP contribution in [0.2, 0.25) is 0 Å². The van der Waals surface area contributed by atoms with Crippen LogP contribution in [0.15, 0.2) is 12.1 Å². The number of carboxylic acids is 1. The molecule has 6 nitrogen and oxygen atoms in total. The summed E-state index contributed by atoms with van der Waals surface area (Å²) in [4.78, 5) is 20.5. The Morgan fingerprint density at radius 3 is 2.58 bits per heavy atom. The summed E-state index contributed by atoms with van der Waals surface area (Å²) < 4.78 is 28.4. The van der Waals surface area contributed by atoms with E-state index in [0.717, 1.165) is 6.07 Å². The van der Waals surface area contributed by atoms with Gasteiger partial charge in [0, 0.05) is 11.4 Å². The van der Waals surface area contributed by atoms with Crippen molar-refractivity contribution in [3.63, 3.8) is 0 Å². The maximum Gasteiger partial charge on any atom is 0.387 e. The summed E-state index contributed by atoms with van der Waals surface area (Å²) >= 11 is 5.52. The van der Waals surface area contributed by atoms with Crippen molar-refractivity contribution in [2.75, 3.05) is 0 Å². The van der Waals surface area contributed by atoms with E-state index in [1.54, 1.807) is 0 Å². The van der Waals surface area contributed by atoms with Gasteiger partial charge >= 0.3 is 18.3 Å². The first-order chi connectivity index (χ1) is 8.85. The van der Waals surface area contributed by atoms with Crippen LogP contribution in [-0.4, -0.2) is 22.6 Å². The number of aliphatic carboxylic acids is 1. The zero-order valence-corrected chi connectivity index (χ0v) is 10.1. The summed E-state index contributed by atoms with van der Waals surface area (Å²) in [6.07, 6.45) is -0.694. The van der Waals surface area contributed by atoms with Gasteiger partial charge in [0.2, 0.25) is 5.75 Å². The highest BCUT2D eigenvalue weighted by Gasteiger charge is 2.25. The molecule has 0 aliphatic heterocycles. The van der Waals surface area contributed by atoms with E-state index in [1.807, 2.05) is 0 Å². The fraction of sp³-hybridized carbons (Fsp3) is 0.300. The Morgan fingerprint density at radius 2 is 2.16 bits per heavy atom. The largest absolute Gasteiger partial charge is 0.481 e. The van der Waals surface area contributed by atoms with E-state index in [4.69, 9.17) is 16.7 Å². The molecule has 0 saturated heterocycles. The van der Waals surface area contributed by atoms with Crippen molar-refractivity contribution in [3.05, 3.63) is 33.4 Å². The lowest BCUT2D eigenvalue weighted by atomic mass is 10.1. The number of halogens is 3. The number of nitro benzene ring substituents is 1. The fourth-order valence-electron chi connectivity index (χ4n) is 1.50. The monoisotopic (exact) mass is 295 g/mol. The van der Waals surface area contributed by atoms with Gasteiger partial charge in [0.25, 0.3) is 0 Å². The second-order valence-electron chi connectivity index (χ2n) is 3.44. The molecular weight excluding hydrogens is 288 g/mol. The van der Waals surface area contributed by atoms with Gasteiger partial charge in [-0.1, -0.05) is 0 Å². The second kappa shape index (κ2) is 6.28. The van der Waals surface area contributed by atoms with Gasteiger partial charge in [-0.25, -0.2) is 0 Å². The molecule has 0 saturated carbocycles. The summed E-state index contributed by atoms with van der Waals surface area (Å²) in [5.41, 5.74) is -0.790. The van der Waals surface area contributed by atoms with Crippen LogP contribution in [0.3, 0.4) is 0 Å². The minimum Gasteiger partial charge on any atom is -0.481 e. The Labute approximate surface area is 110 Å². The number of alkyl halides is 3. The number of hydrogen-bond donors (Lipinski definition) is 1. The highest BCUT2D eigenvalue weighted by molar-refractivity contribution is 6.17. The Hall–Kier alpha value is -1.96. The van der Waals surface area contributed by atoms with E-state index in [2.05, 4.69) is 4.74 Å². The molecule has 0 unspecified atom stereocenters. The molecule has 0 spiro atoms. The highest BCUT2D eigenvalue weighted by Crippen LogP contribution is 2.34. The Bertz CT molecular complexity index is 509. The van der Waals surface area contributed by atoms with Gasteiger partial charge in [-0.2, -0.15) is 8.78 Å². The minimum atomic E-state index is -3.26. The van der Waals surface area contributed by atoms with Gasteiger partial charge in [0.05, 0.1) is 11.3 Å². The average molecular weight is 296 g/mol. The van der Waals surface area contributed by atoms with Crippen LogP contribution >= 0.6 is 11.6 Å². The predicted octanol–water partition coefficient (Wildman–Crippen LogP) is 2.56. The molecule has 0 aromatic heterocycles. The third-order valence-electron chi connectivity index (χ3n) is 2.11. The Morgan fingerprint density at radius 1 is 1.53 bits per heavy atom. The third kappa shape index (κ3) is 4.02. The molecule has 0 heterocycles. The lowest BCUT2D eigenvalue weighted by Gasteiger charge is -2.10. The van der Waals surface area contributed by atoms with Gasteiger partial charge in [-0.05, 0) is 17.7 Å². The fourth-order valence-corrected chi connectivity index (χ4v) is 1.65. The topological polar surface area (TPSA) is 89.7 Å². The van der Waals surface area contributed by atoms with Crippen LogP contribution in [0.25, 0.3) is 0 Å². The molecule has 0 amide bonds. The number of nitrogens with zero attached hydrogens (tertiary/aromatic N) is 1. The van der Waals surface area contributed by atoms with E-state index in [0.29, 0.717) is 0 Å². The zero-order valence-electron chi connectivity index (χ0n) is 9.31. The van der Waals surface area contributed by atoms with Crippen LogP contribution in [0, 0.1) is 10.1 Å². The van der Waals surface area contributed by atoms with Gasteiger partial charge in [0.1, 0.15) is 0 Å². The molecule has 1 aromatic carbocycles. The molecule has 0 radical (unpaired) electrons. The Balaban J connectivity index is 3.40. The van der Waals surface area contributed by atoms with Crippen LogP contribution in [0.1, 0.15) is 11.1 Å². The maximum absolute atomic E-state index is 12.2. The summed E-state index contributed by atoms with van der Waals surface area (Å²) in [6.45, 7) is -3.26. The quantitative estimate of drug-likeness (QED) is 0.495. The average Bonchev–Trinajstić information content (AvgIpc) is 2.25. The maximum atomic E-state index is 12.2. The molecule has 0 aliphatic rings. The number of benzene rings is 1. The molecular formula is C10H8ClF2NO5. The molecule has 9 heteroatoms. The van der Waals surface area contributed by atoms with Crippen molar-refractivity contribution in [1.29, 1.82) is 0 Å². The van der Waals surface area contributed by atoms with Gasteiger partial charge in [-0.3, -0.25) is 14.9 Å². The minimum absolute atomic E-state index is 0.121. The van der Waals surface area contributed by atoms with E-state index in [9.17, 15) is 23.7 Å². The molecule has 0 bridgehead atoms. The SMILES string of the molecule is O=C(O)Cc1cc(CCl)cc(OC(F)F)c1[N+](=O)[O-]. The molecule has 1 aromatic rings. The van der Waals surface area contributed by atoms with Crippen LogP contribution in [-0.2, 0) is 17.1 Å². The van der Waals surface area contributed by atoms with Crippen molar-refractivity contribution >= 4 is 23.3 Å². The van der Waals surface area contributed by atoms with Gasteiger partial charge in [-0.15, -0.1) is 11.6 Å². The lowest BCUT2D eigenvalue weighted by molar-refractivity contribution is -0.387. The third-order valence-corrected chi connectivity index (χ3v) is 2.42. The molecule has 1 N–H and O–H groups in total. The summed E-state index contributed by atoms with van der Waals surface area (Å²) in [7, 11) is 0. The number of ether oxygens (including phenoxy) is 1.